The number of rotatable bonds is 4. The second kappa shape index (κ2) is 5.85. The van der Waals surface area contributed by atoms with E-state index in [0.29, 0.717) is 5.92 Å². The van der Waals surface area contributed by atoms with Crippen molar-refractivity contribution in [3.8, 4) is 0 Å². The van der Waals surface area contributed by atoms with E-state index in [1.807, 2.05) is 0 Å². The zero-order valence-electron chi connectivity index (χ0n) is 11.7. The van der Waals surface area contributed by atoms with Gasteiger partial charge in [0.15, 0.2) is 0 Å². The van der Waals surface area contributed by atoms with E-state index in [4.69, 9.17) is 5.73 Å². The molecule has 0 aliphatic heterocycles. The molecule has 3 unspecified atom stereocenters. The molecule has 2 heteroatoms. The lowest BCUT2D eigenvalue weighted by atomic mass is 9.68. The van der Waals surface area contributed by atoms with Gasteiger partial charge in [0.1, 0.15) is 0 Å². The zero-order chi connectivity index (χ0) is 13.0. The third kappa shape index (κ3) is 2.76. The van der Waals surface area contributed by atoms with Crippen LogP contribution in [0.25, 0.3) is 0 Å². The SMILES string of the molecule is CC1CCCC(CN)(NCc2ccccc2)C1C. The van der Waals surface area contributed by atoms with Gasteiger partial charge in [-0.2, -0.15) is 0 Å². The molecule has 0 heterocycles. The van der Waals surface area contributed by atoms with Crippen LogP contribution < -0.4 is 11.1 Å². The van der Waals surface area contributed by atoms with Crippen LogP contribution in [0.15, 0.2) is 30.3 Å². The fourth-order valence-electron chi connectivity index (χ4n) is 3.25. The molecule has 2 nitrogen and oxygen atoms in total. The summed E-state index contributed by atoms with van der Waals surface area (Å²) in [5, 5.41) is 3.76. The van der Waals surface area contributed by atoms with Gasteiger partial charge in [-0.25, -0.2) is 0 Å². The van der Waals surface area contributed by atoms with Crippen molar-refractivity contribution in [2.45, 2.75) is 45.2 Å². The smallest absolute Gasteiger partial charge is 0.0335 e. The van der Waals surface area contributed by atoms with Gasteiger partial charge in [-0.15, -0.1) is 0 Å². The fourth-order valence-corrected chi connectivity index (χ4v) is 3.25. The second-order valence-corrected chi connectivity index (χ2v) is 5.86. The molecule has 2 rings (SSSR count). The Labute approximate surface area is 111 Å². The van der Waals surface area contributed by atoms with Gasteiger partial charge in [0.2, 0.25) is 0 Å². The van der Waals surface area contributed by atoms with Crippen LogP contribution in [0, 0.1) is 11.8 Å². The van der Waals surface area contributed by atoms with Crippen molar-refractivity contribution in [1.29, 1.82) is 0 Å². The van der Waals surface area contributed by atoms with E-state index in [-0.39, 0.29) is 5.54 Å². The first-order valence-corrected chi connectivity index (χ1v) is 7.17. The number of hydrogen-bond acceptors (Lipinski definition) is 2. The van der Waals surface area contributed by atoms with E-state index in [1.165, 1.54) is 24.8 Å². The Morgan fingerprint density at radius 1 is 1.28 bits per heavy atom. The second-order valence-electron chi connectivity index (χ2n) is 5.86. The maximum atomic E-state index is 6.09. The van der Waals surface area contributed by atoms with Gasteiger partial charge in [-0.1, -0.05) is 57.0 Å². The highest BCUT2D eigenvalue weighted by Crippen LogP contribution is 2.37. The predicted molar refractivity (Wildman–Crippen MR) is 77.2 cm³/mol. The van der Waals surface area contributed by atoms with E-state index >= 15 is 0 Å². The number of hydrogen-bond donors (Lipinski definition) is 2. The maximum Gasteiger partial charge on any atom is 0.0335 e. The summed E-state index contributed by atoms with van der Waals surface area (Å²) in [6.45, 7) is 6.38. The first-order chi connectivity index (χ1) is 8.68. The normalized spacial score (nSPS) is 32.4. The molecule has 0 radical (unpaired) electrons. The van der Waals surface area contributed by atoms with Gasteiger partial charge >= 0.3 is 0 Å². The molecule has 1 aliphatic carbocycles. The minimum Gasteiger partial charge on any atom is -0.329 e. The average Bonchev–Trinajstić information content (AvgIpc) is 2.42. The van der Waals surface area contributed by atoms with Crippen LogP contribution in [0.3, 0.4) is 0 Å². The molecule has 18 heavy (non-hydrogen) atoms. The maximum absolute atomic E-state index is 6.09. The third-order valence-corrected chi connectivity index (χ3v) is 4.86. The Morgan fingerprint density at radius 2 is 2.00 bits per heavy atom. The predicted octanol–water partition coefficient (Wildman–Crippen LogP) is 2.93. The Hall–Kier alpha value is -0.860. The molecule has 0 spiro atoms. The summed E-state index contributed by atoms with van der Waals surface area (Å²) in [5.74, 6) is 1.42. The van der Waals surface area contributed by atoms with Gasteiger partial charge < -0.3 is 11.1 Å². The standard InChI is InChI=1S/C16H26N2/c1-13-7-6-10-16(12-17,14(13)2)18-11-15-8-4-3-5-9-15/h3-5,8-9,13-14,18H,6-7,10-12,17H2,1-2H3. The van der Waals surface area contributed by atoms with Crippen LogP contribution in [0.4, 0.5) is 0 Å². The highest BCUT2D eigenvalue weighted by Gasteiger charge is 2.39. The lowest BCUT2D eigenvalue weighted by Crippen LogP contribution is -2.58. The van der Waals surface area contributed by atoms with Crippen molar-refractivity contribution in [3.63, 3.8) is 0 Å². The first kappa shape index (κ1) is 13.6. The van der Waals surface area contributed by atoms with Crippen molar-refractivity contribution < 1.29 is 0 Å². The Morgan fingerprint density at radius 3 is 2.67 bits per heavy atom. The van der Waals surface area contributed by atoms with Gasteiger partial charge in [0, 0.05) is 18.6 Å². The van der Waals surface area contributed by atoms with Gasteiger partial charge in [0.25, 0.3) is 0 Å². The molecular formula is C16H26N2. The molecule has 0 saturated heterocycles. The molecule has 1 aromatic rings. The topological polar surface area (TPSA) is 38.0 Å². The molecule has 0 bridgehead atoms. The summed E-state index contributed by atoms with van der Waals surface area (Å²) in [6.07, 6.45) is 3.85. The van der Waals surface area contributed by atoms with E-state index in [1.54, 1.807) is 0 Å². The Balaban J connectivity index is 2.04. The van der Waals surface area contributed by atoms with Crippen LogP contribution in [-0.4, -0.2) is 12.1 Å². The first-order valence-electron chi connectivity index (χ1n) is 7.17. The molecule has 3 atom stereocenters. The van der Waals surface area contributed by atoms with Gasteiger partial charge in [-0.3, -0.25) is 0 Å². The van der Waals surface area contributed by atoms with E-state index in [2.05, 4.69) is 49.5 Å². The summed E-state index contributed by atoms with van der Waals surface area (Å²) in [6, 6.07) is 10.6. The number of nitrogens with two attached hydrogens (primary N) is 1. The van der Waals surface area contributed by atoms with Gasteiger partial charge in [-0.05, 0) is 23.8 Å². The summed E-state index contributed by atoms with van der Waals surface area (Å²) in [7, 11) is 0. The van der Waals surface area contributed by atoms with Crippen molar-refractivity contribution in [2.24, 2.45) is 17.6 Å². The average molecular weight is 246 g/mol. The minimum atomic E-state index is 0.132. The third-order valence-electron chi connectivity index (χ3n) is 4.86. The van der Waals surface area contributed by atoms with Crippen molar-refractivity contribution in [2.75, 3.05) is 6.54 Å². The molecule has 1 saturated carbocycles. The molecule has 1 aromatic carbocycles. The molecule has 0 amide bonds. The summed E-state index contributed by atoms with van der Waals surface area (Å²) >= 11 is 0. The quantitative estimate of drug-likeness (QED) is 0.857. The van der Waals surface area contributed by atoms with Gasteiger partial charge in [0.05, 0.1) is 0 Å². The number of benzene rings is 1. The zero-order valence-corrected chi connectivity index (χ0v) is 11.7. The fraction of sp³-hybridized carbons (Fsp3) is 0.625. The Kier molecular flexibility index (Phi) is 4.41. The van der Waals surface area contributed by atoms with Crippen molar-refractivity contribution in [1.82, 2.24) is 5.32 Å². The van der Waals surface area contributed by atoms with Crippen LogP contribution in [0.1, 0.15) is 38.7 Å². The van der Waals surface area contributed by atoms with E-state index in [0.717, 1.165) is 19.0 Å². The molecule has 0 aromatic heterocycles. The van der Waals surface area contributed by atoms with Crippen LogP contribution in [-0.2, 0) is 6.54 Å². The highest BCUT2D eigenvalue weighted by molar-refractivity contribution is 5.15. The lowest BCUT2D eigenvalue weighted by Gasteiger charge is -2.46. The summed E-state index contributed by atoms with van der Waals surface area (Å²) in [4.78, 5) is 0. The van der Waals surface area contributed by atoms with Crippen LogP contribution >= 0.6 is 0 Å². The van der Waals surface area contributed by atoms with E-state index in [9.17, 15) is 0 Å². The highest BCUT2D eigenvalue weighted by atomic mass is 15.0. The van der Waals surface area contributed by atoms with E-state index < -0.39 is 0 Å². The summed E-state index contributed by atoms with van der Waals surface area (Å²) in [5.41, 5.74) is 7.57. The van der Waals surface area contributed by atoms with Crippen molar-refractivity contribution >= 4 is 0 Å². The number of nitrogens with one attached hydrogen (secondary N) is 1. The molecule has 1 fully saturated rings. The molecular weight excluding hydrogens is 220 g/mol. The largest absolute Gasteiger partial charge is 0.329 e. The molecule has 3 N–H and O–H groups in total. The monoisotopic (exact) mass is 246 g/mol. The molecule has 1 aliphatic rings. The minimum absolute atomic E-state index is 0.132. The Bertz CT molecular complexity index is 363. The summed E-state index contributed by atoms with van der Waals surface area (Å²) < 4.78 is 0. The lowest BCUT2D eigenvalue weighted by molar-refractivity contribution is 0.110. The van der Waals surface area contributed by atoms with Crippen LogP contribution in [0.2, 0.25) is 0 Å². The van der Waals surface area contributed by atoms with Crippen LogP contribution in [0.5, 0.6) is 0 Å². The van der Waals surface area contributed by atoms with Crippen molar-refractivity contribution in [3.05, 3.63) is 35.9 Å². The molecule has 100 valence electrons.